The third kappa shape index (κ3) is 4.80. The van der Waals surface area contributed by atoms with Crippen LogP contribution in [0.15, 0.2) is 36.5 Å². The summed E-state index contributed by atoms with van der Waals surface area (Å²) in [7, 11) is 0. The van der Waals surface area contributed by atoms with E-state index in [9.17, 15) is 22.8 Å². The Labute approximate surface area is 174 Å². The number of alkyl halides is 3. The van der Waals surface area contributed by atoms with Crippen molar-refractivity contribution in [3.8, 4) is 17.3 Å². The molecular formula is C20H17F3N6O2. The summed E-state index contributed by atoms with van der Waals surface area (Å²) in [5, 5.41) is 22.1. The van der Waals surface area contributed by atoms with Gasteiger partial charge >= 0.3 is 6.18 Å². The van der Waals surface area contributed by atoms with Crippen LogP contribution in [0, 0.1) is 11.3 Å². The van der Waals surface area contributed by atoms with E-state index in [0.717, 1.165) is 12.1 Å². The van der Waals surface area contributed by atoms with Crippen LogP contribution in [0.25, 0.3) is 11.3 Å². The minimum atomic E-state index is -4.66. The second-order valence-electron chi connectivity index (χ2n) is 6.83. The van der Waals surface area contributed by atoms with E-state index in [4.69, 9.17) is 5.26 Å². The Morgan fingerprint density at radius 2 is 2.03 bits per heavy atom. The van der Waals surface area contributed by atoms with Crippen molar-refractivity contribution in [3.05, 3.63) is 59.0 Å². The Balaban J connectivity index is 1.71. The van der Waals surface area contributed by atoms with Crippen LogP contribution >= 0.6 is 0 Å². The molecule has 0 saturated carbocycles. The number of carbonyl (C=O) groups is 2. The molecule has 1 amide bonds. The van der Waals surface area contributed by atoms with Crippen molar-refractivity contribution >= 4 is 11.7 Å². The van der Waals surface area contributed by atoms with Gasteiger partial charge in [0.05, 0.1) is 28.9 Å². The van der Waals surface area contributed by atoms with Crippen LogP contribution in [-0.2, 0) is 6.18 Å². The first-order valence-electron chi connectivity index (χ1n) is 9.11. The molecule has 1 atom stereocenters. The summed E-state index contributed by atoms with van der Waals surface area (Å²) in [4.78, 5) is 23.4. The molecule has 0 aliphatic heterocycles. The van der Waals surface area contributed by atoms with E-state index in [1.807, 2.05) is 0 Å². The maximum atomic E-state index is 13.2. The standard InChI is InChI=1S/C20H17F3N6O2/c1-11(10-25-19(31)18-8-17(12(2)30)26-27-18)29-6-5-16(28-29)13-3-4-14(9-24)15(7-13)20(21,22)23/h3-8,11H,10H2,1-2H3,(H,25,31)(H,26,27). The molecule has 3 rings (SSSR count). The van der Waals surface area contributed by atoms with Crippen LogP contribution in [0.2, 0.25) is 0 Å². The van der Waals surface area contributed by atoms with Crippen molar-refractivity contribution in [1.29, 1.82) is 5.26 Å². The number of nitrogens with zero attached hydrogens (tertiary/aromatic N) is 4. The zero-order chi connectivity index (χ0) is 22.8. The molecule has 11 heteroatoms. The van der Waals surface area contributed by atoms with E-state index >= 15 is 0 Å². The Kier molecular flexibility index (Phi) is 5.92. The second-order valence-corrected chi connectivity index (χ2v) is 6.83. The quantitative estimate of drug-likeness (QED) is 0.582. The van der Waals surface area contributed by atoms with Gasteiger partial charge in [0.1, 0.15) is 11.4 Å². The SMILES string of the molecule is CC(=O)c1cc(C(=O)NCC(C)n2ccc(-c3ccc(C#N)c(C(F)(F)F)c3)n2)[nH]n1. The molecular weight excluding hydrogens is 413 g/mol. The van der Waals surface area contributed by atoms with Crippen molar-refractivity contribution in [2.75, 3.05) is 6.54 Å². The van der Waals surface area contributed by atoms with Gasteiger partial charge in [-0.3, -0.25) is 19.4 Å². The largest absolute Gasteiger partial charge is 0.417 e. The van der Waals surface area contributed by atoms with Crippen LogP contribution in [-0.4, -0.2) is 38.2 Å². The number of hydrogen-bond acceptors (Lipinski definition) is 5. The van der Waals surface area contributed by atoms with Crippen molar-refractivity contribution in [2.45, 2.75) is 26.1 Å². The van der Waals surface area contributed by atoms with Gasteiger partial charge in [-0.2, -0.15) is 28.6 Å². The molecule has 0 saturated heterocycles. The number of benzene rings is 1. The molecule has 0 fully saturated rings. The molecule has 31 heavy (non-hydrogen) atoms. The lowest BCUT2D eigenvalue weighted by molar-refractivity contribution is -0.137. The summed E-state index contributed by atoms with van der Waals surface area (Å²) in [5.74, 6) is -0.731. The molecule has 8 nitrogen and oxygen atoms in total. The number of H-pyrrole nitrogens is 1. The summed E-state index contributed by atoms with van der Waals surface area (Å²) in [6.07, 6.45) is -3.07. The van der Waals surface area contributed by atoms with Crippen molar-refractivity contribution in [2.24, 2.45) is 0 Å². The molecule has 2 aromatic heterocycles. The van der Waals surface area contributed by atoms with Crippen molar-refractivity contribution < 1.29 is 22.8 Å². The molecule has 0 radical (unpaired) electrons. The topological polar surface area (TPSA) is 116 Å². The van der Waals surface area contributed by atoms with Gasteiger partial charge in [-0.25, -0.2) is 0 Å². The molecule has 0 bridgehead atoms. The molecule has 2 N–H and O–H groups in total. The van der Waals surface area contributed by atoms with E-state index < -0.39 is 23.2 Å². The molecule has 160 valence electrons. The van der Waals surface area contributed by atoms with Crippen LogP contribution in [0.1, 0.15) is 52.0 Å². The number of nitrogens with one attached hydrogen (secondary N) is 2. The third-order valence-corrected chi connectivity index (χ3v) is 4.54. The van der Waals surface area contributed by atoms with Gasteiger partial charge in [0, 0.05) is 25.2 Å². The first kappa shape index (κ1) is 21.8. The molecule has 2 heterocycles. The zero-order valence-corrected chi connectivity index (χ0v) is 16.5. The van der Waals surface area contributed by atoms with Gasteiger partial charge in [-0.1, -0.05) is 6.07 Å². The lowest BCUT2D eigenvalue weighted by Gasteiger charge is -2.13. The fourth-order valence-corrected chi connectivity index (χ4v) is 2.82. The number of carbonyl (C=O) groups excluding carboxylic acids is 2. The van der Waals surface area contributed by atoms with Gasteiger partial charge < -0.3 is 5.32 Å². The highest BCUT2D eigenvalue weighted by Gasteiger charge is 2.34. The highest BCUT2D eigenvalue weighted by molar-refractivity contribution is 5.97. The summed E-state index contributed by atoms with van der Waals surface area (Å²) in [5.41, 5.74) is -0.680. The lowest BCUT2D eigenvalue weighted by Crippen LogP contribution is -2.30. The maximum absolute atomic E-state index is 13.2. The van der Waals surface area contributed by atoms with Crippen LogP contribution < -0.4 is 5.32 Å². The fourth-order valence-electron chi connectivity index (χ4n) is 2.82. The molecule has 0 spiro atoms. The third-order valence-electron chi connectivity index (χ3n) is 4.54. The number of aromatic amines is 1. The molecule has 1 unspecified atom stereocenters. The lowest BCUT2D eigenvalue weighted by atomic mass is 10.0. The van der Waals surface area contributed by atoms with E-state index in [2.05, 4.69) is 20.6 Å². The van der Waals surface area contributed by atoms with E-state index in [0.29, 0.717) is 5.69 Å². The average molecular weight is 430 g/mol. The molecule has 0 aliphatic rings. The van der Waals surface area contributed by atoms with Crippen LogP contribution in [0.5, 0.6) is 0 Å². The minimum Gasteiger partial charge on any atom is -0.349 e. The highest BCUT2D eigenvalue weighted by Crippen LogP contribution is 2.34. The van der Waals surface area contributed by atoms with Gasteiger partial charge in [-0.05, 0) is 31.2 Å². The predicted octanol–water partition coefficient (Wildman–Crippen LogP) is 3.36. The minimum absolute atomic E-state index is 0.135. The fraction of sp³-hybridized carbons (Fsp3) is 0.250. The van der Waals surface area contributed by atoms with Gasteiger partial charge in [0.25, 0.3) is 5.91 Å². The first-order chi connectivity index (χ1) is 14.6. The van der Waals surface area contributed by atoms with E-state index in [1.54, 1.807) is 25.3 Å². The number of halogens is 3. The predicted molar refractivity (Wildman–Crippen MR) is 103 cm³/mol. The number of ketones is 1. The smallest absolute Gasteiger partial charge is 0.349 e. The monoisotopic (exact) mass is 430 g/mol. The number of hydrogen-bond donors (Lipinski definition) is 2. The summed E-state index contributed by atoms with van der Waals surface area (Å²) >= 11 is 0. The van der Waals surface area contributed by atoms with Crippen molar-refractivity contribution in [1.82, 2.24) is 25.3 Å². The number of amides is 1. The zero-order valence-electron chi connectivity index (χ0n) is 16.5. The van der Waals surface area contributed by atoms with E-state index in [-0.39, 0.29) is 35.3 Å². The number of Topliss-reactive ketones (excluding diaryl/α,β-unsaturated/α-hetero) is 1. The van der Waals surface area contributed by atoms with Crippen LogP contribution in [0.4, 0.5) is 13.2 Å². The Bertz CT molecular complexity index is 1170. The summed E-state index contributed by atoms with van der Waals surface area (Å²) < 4.78 is 41.1. The average Bonchev–Trinajstić information content (AvgIpc) is 3.40. The van der Waals surface area contributed by atoms with Crippen molar-refractivity contribution in [3.63, 3.8) is 0 Å². The number of aromatic nitrogens is 4. The second kappa shape index (κ2) is 8.43. The van der Waals surface area contributed by atoms with Gasteiger partial charge in [-0.15, -0.1) is 0 Å². The summed E-state index contributed by atoms with van der Waals surface area (Å²) in [6, 6.07) is 7.53. The Morgan fingerprint density at radius 1 is 1.29 bits per heavy atom. The van der Waals surface area contributed by atoms with Gasteiger partial charge in [0.2, 0.25) is 0 Å². The highest BCUT2D eigenvalue weighted by atomic mass is 19.4. The number of nitriles is 1. The maximum Gasteiger partial charge on any atom is 0.417 e. The Morgan fingerprint density at radius 3 is 2.65 bits per heavy atom. The Hall–Kier alpha value is -3.94. The van der Waals surface area contributed by atoms with Crippen LogP contribution in [0.3, 0.4) is 0 Å². The molecule has 1 aromatic carbocycles. The molecule has 0 aliphatic carbocycles. The van der Waals surface area contributed by atoms with E-state index in [1.165, 1.54) is 23.7 Å². The molecule has 3 aromatic rings. The summed E-state index contributed by atoms with van der Waals surface area (Å²) in [6.45, 7) is 3.28. The normalized spacial score (nSPS) is 12.3. The first-order valence-corrected chi connectivity index (χ1v) is 9.11. The van der Waals surface area contributed by atoms with Gasteiger partial charge in [0.15, 0.2) is 5.78 Å². The number of rotatable bonds is 6.